The first-order valence-electron chi connectivity index (χ1n) is 17.8. The van der Waals surface area contributed by atoms with E-state index in [2.05, 4.69) is 22.9 Å². The van der Waals surface area contributed by atoms with Crippen LogP contribution in [0.15, 0.2) is 24.3 Å². The van der Waals surface area contributed by atoms with Gasteiger partial charge in [0.15, 0.2) is 0 Å². The first-order valence-corrected chi connectivity index (χ1v) is 17.8. The summed E-state index contributed by atoms with van der Waals surface area (Å²) in [5.74, 6) is -2.43. The minimum atomic E-state index is -1.22. The number of ether oxygens (including phenoxy) is 5. The summed E-state index contributed by atoms with van der Waals surface area (Å²) < 4.78 is 26.2. The van der Waals surface area contributed by atoms with Gasteiger partial charge in [0.1, 0.15) is 30.8 Å². The normalized spacial score (nSPS) is 11.0. The minimum absolute atomic E-state index is 0.0181. The molecule has 296 valence electrons. The molecule has 0 bridgehead atoms. The van der Waals surface area contributed by atoms with E-state index in [-0.39, 0.29) is 70.7 Å². The minimum Gasteiger partial charge on any atom is -0.494 e. The van der Waals surface area contributed by atoms with Crippen LogP contribution in [0.1, 0.15) is 88.4 Å². The largest absolute Gasteiger partial charge is 0.494 e. The van der Waals surface area contributed by atoms with Crippen molar-refractivity contribution >= 4 is 35.9 Å². The topological polar surface area (TPSA) is 225 Å². The Labute approximate surface area is 306 Å². The molecule has 5 N–H and O–H groups in total. The Bertz CT molecular complexity index is 1120. The summed E-state index contributed by atoms with van der Waals surface area (Å²) in [5, 5.41) is 25.2. The zero-order valence-electron chi connectivity index (χ0n) is 30.7. The third-order valence-corrected chi connectivity index (χ3v) is 7.04. The Morgan fingerprint density at radius 1 is 0.712 bits per heavy atom. The summed E-state index contributed by atoms with van der Waals surface area (Å²) in [7, 11) is 0. The predicted octanol–water partition coefficient (Wildman–Crippen LogP) is 2.76. The quantitative estimate of drug-likeness (QED) is 0.0517. The molecule has 52 heavy (non-hydrogen) atoms. The third-order valence-electron chi connectivity index (χ3n) is 7.04. The summed E-state index contributed by atoms with van der Waals surface area (Å²) in [6.07, 6.45) is 10.9. The van der Waals surface area contributed by atoms with Crippen LogP contribution in [0.25, 0.3) is 0 Å². The number of hydrogen-bond donors (Lipinski definition) is 5. The van der Waals surface area contributed by atoms with Gasteiger partial charge in [-0.1, -0.05) is 51.9 Å². The molecule has 1 rings (SSSR count). The standard InChI is InChI=1S/C19H33N3O10.C17H26O3/c1-15(24)2-3-16(19(27)28)22-18(26)13-32-11-9-30-7-5-21-17(25)12-31-10-8-29-6-4-20-14-23;1-2-3-4-5-6-7-8-9-14-20-16-12-10-15(11-13-16)17(18)19/h14,16H,2-13H2,1H3,(H,20,23)(H,21,25)(H,22,26)(H,27,28);10-13H,2-9,14H2,1H3,(H,18,19). The fourth-order valence-electron chi connectivity index (χ4n) is 4.23. The third kappa shape index (κ3) is 30.7. The van der Waals surface area contributed by atoms with Gasteiger partial charge in [0.25, 0.3) is 0 Å². The Morgan fingerprint density at radius 3 is 1.83 bits per heavy atom. The fourth-order valence-corrected chi connectivity index (χ4v) is 4.23. The number of Topliss-reactive ketones (excluding diaryl/α,β-unsaturated/α-hetero) is 1. The number of ketones is 1. The second-order valence-electron chi connectivity index (χ2n) is 11.6. The van der Waals surface area contributed by atoms with E-state index in [4.69, 9.17) is 33.9 Å². The maximum Gasteiger partial charge on any atom is 0.335 e. The van der Waals surface area contributed by atoms with Crippen LogP contribution in [0.4, 0.5) is 0 Å². The van der Waals surface area contributed by atoms with E-state index in [1.165, 1.54) is 51.9 Å². The number of carbonyl (C=O) groups is 6. The SMILES string of the molecule is CC(=O)CCC(NC(=O)COCCOCCNC(=O)COCCOCCNC=O)C(=O)O.CCCCCCCCCCOc1ccc(C(=O)O)cc1. The average molecular weight is 742 g/mol. The molecule has 1 aromatic carbocycles. The van der Waals surface area contributed by atoms with Gasteiger partial charge in [0, 0.05) is 19.5 Å². The molecule has 0 heterocycles. The zero-order valence-corrected chi connectivity index (χ0v) is 30.7. The number of carboxylic acid groups (broad SMARTS) is 2. The Kier molecular flexibility index (Phi) is 31.3. The molecule has 0 aliphatic heterocycles. The van der Waals surface area contributed by atoms with Gasteiger partial charge in [-0.3, -0.25) is 14.4 Å². The molecule has 0 saturated heterocycles. The molecule has 0 saturated carbocycles. The van der Waals surface area contributed by atoms with E-state index in [1.54, 1.807) is 24.3 Å². The van der Waals surface area contributed by atoms with Crippen molar-refractivity contribution in [2.24, 2.45) is 0 Å². The number of aromatic carboxylic acids is 1. The van der Waals surface area contributed by atoms with Gasteiger partial charge in [-0.05, 0) is 44.0 Å². The molecule has 0 fully saturated rings. The molecule has 0 radical (unpaired) electrons. The molecule has 16 nitrogen and oxygen atoms in total. The summed E-state index contributed by atoms with van der Waals surface area (Å²) in [6, 6.07) is 5.44. The lowest BCUT2D eigenvalue weighted by molar-refractivity contribution is -0.143. The van der Waals surface area contributed by atoms with Gasteiger partial charge in [-0.25, -0.2) is 9.59 Å². The van der Waals surface area contributed by atoms with Gasteiger partial charge in [0.2, 0.25) is 18.2 Å². The monoisotopic (exact) mass is 741 g/mol. The maximum atomic E-state index is 11.7. The molecule has 0 aliphatic rings. The predicted molar refractivity (Wildman–Crippen MR) is 191 cm³/mol. The highest BCUT2D eigenvalue weighted by molar-refractivity contribution is 5.87. The van der Waals surface area contributed by atoms with Crippen LogP contribution >= 0.6 is 0 Å². The summed E-state index contributed by atoms with van der Waals surface area (Å²) in [5.41, 5.74) is 0.296. The molecule has 0 spiro atoms. The van der Waals surface area contributed by atoms with E-state index < -0.39 is 23.9 Å². The summed E-state index contributed by atoms with van der Waals surface area (Å²) in [6.45, 7) is 5.98. The van der Waals surface area contributed by atoms with Crippen LogP contribution in [0, 0.1) is 0 Å². The number of unbranched alkanes of at least 4 members (excludes halogenated alkanes) is 7. The van der Waals surface area contributed by atoms with Crippen molar-refractivity contribution in [3.63, 3.8) is 0 Å². The lowest BCUT2D eigenvalue weighted by Crippen LogP contribution is -2.42. The van der Waals surface area contributed by atoms with Gasteiger partial charge >= 0.3 is 11.9 Å². The van der Waals surface area contributed by atoms with E-state index in [0.717, 1.165) is 12.2 Å². The highest BCUT2D eigenvalue weighted by Gasteiger charge is 2.20. The molecule has 1 aromatic rings. The van der Waals surface area contributed by atoms with Crippen molar-refractivity contribution in [2.45, 2.75) is 84.1 Å². The van der Waals surface area contributed by atoms with E-state index >= 15 is 0 Å². The molecular weight excluding hydrogens is 682 g/mol. The average Bonchev–Trinajstić information content (AvgIpc) is 3.11. The molecule has 1 atom stereocenters. The first-order chi connectivity index (χ1) is 25.1. The first kappa shape index (κ1) is 47.9. The summed E-state index contributed by atoms with van der Waals surface area (Å²) >= 11 is 0. The highest BCUT2D eigenvalue weighted by atomic mass is 16.5. The van der Waals surface area contributed by atoms with Crippen molar-refractivity contribution in [2.75, 3.05) is 72.6 Å². The lowest BCUT2D eigenvalue weighted by atomic mass is 10.1. The van der Waals surface area contributed by atoms with Crippen LogP contribution in [0.5, 0.6) is 5.75 Å². The molecule has 3 amide bonds. The van der Waals surface area contributed by atoms with Gasteiger partial charge in [-0.2, -0.15) is 0 Å². The Balaban J connectivity index is 0.00000111. The number of hydrogen-bond acceptors (Lipinski definition) is 11. The number of carbonyl (C=O) groups excluding carboxylic acids is 4. The van der Waals surface area contributed by atoms with Crippen molar-refractivity contribution in [3.05, 3.63) is 29.8 Å². The number of amides is 3. The number of benzene rings is 1. The van der Waals surface area contributed by atoms with E-state index in [1.807, 2.05) is 0 Å². The highest BCUT2D eigenvalue weighted by Crippen LogP contribution is 2.14. The molecule has 16 heteroatoms. The summed E-state index contributed by atoms with van der Waals surface area (Å²) in [4.78, 5) is 65.9. The second kappa shape index (κ2) is 34.0. The Morgan fingerprint density at radius 2 is 1.27 bits per heavy atom. The second-order valence-corrected chi connectivity index (χ2v) is 11.6. The molecule has 1 unspecified atom stereocenters. The smallest absolute Gasteiger partial charge is 0.335 e. The van der Waals surface area contributed by atoms with Crippen molar-refractivity contribution in [3.8, 4) is 5.75 Å². The van der Waals surface area contributed by atoms with Crippen LogP contribution in [0.2, 0.25) is 0 Å². The van der Waals surface area contributed by atoms with Gasteiger partial charge < -0.3 is 54.6 Å². The van der Waals surface area contributed by atoms with Crippen LogP contribution in [0.3, 0.4) is 0 Å². The zero-order chi connectivity index (χ0) is 38.7. The number of aliphatic carboxylic acids is 1. The van der Waals surface area contributed by atoms with Crippen LogP contribution < -0.4 is 20.7 Å². The Hall–Kier alpha value is -4.12. The van der Waals surface area contributed by atoms with E-state index in [9.17, 15) is 28.8 Å². The number of carboxylic acids is 2. The lowest BCUT2D eigenvalue weighted by Gasteiger charge is -2.14. The molecule has 0 aromatic heterocycles. The van der Waals surface area contributed by atoms with Crippen LogP contribution in [-0.2, 0) is 42.9 Å². The maximum absolute atomic E-state index is 11.7. The molecule has 0 aliphatic carbocycles. The van der Waals surface area contributed by atoms with Crippen molar-refractivity contribution < 1.29 is 62.7 Å². The van der Waals surface area contributed by atoms with Crippen molar-refractivity contribution in [1.82, 2.24) is 16.0 Å². The molecular formula is C36H59N3O13. The number of rotatable bonds is 33. The van der Waals surface area contributed by atoms with E-state index in [0.29, 0.717) is 38.3 Å². The number of nitrogens with one attached hydrogen (secondary N) is 3. The fraction of sp³-hybridized carbons (Fsp3) is 0.667. The van der Waals surface area contributed by atoms with Gasteiger partial charge in [-0.15, -0.1) is 0 Å². The van der Waals surface area contributed by atoms with Crippen molar-refractivity contribution in [1.29, 1.82) is 0 Å². The van der Waals surface area contributed by atoms with Gasteiger partial charge in [0.05, 0.1) is 51.8 Å². The van der Waals surface area contributed by atoms with Crippen LogP contribution in [-0.4, -0.2) is 125 Å².